The molecule has 0 atom stereocenters. The van der Waals surface area contributed by atoms with Gasteiger partial charge in [-0.05, 0) is 31.0 Å². The number of pyridine rings is 1. The first-order valence-corrected chi connectivity index (χ1v) is 4.59. The van der Waals surface area contributed by atoms with Crippen LogP contribution in [0.1, 0.15) is 11.1 Å². The normalized spacial score (nSPS) is 10.7. The van der Waals surface area contributed by atoms with Crippen molar-refractivity contribution in [3.05, 3.63) is 40.5 Å². The summed E-state index contributed by atoms with van der Waals surface area (Å²) in [7, 11) is 0. The Morgan fingerprint density at radius 3 is 2.69 bits per heavy atom. The van der Waals surface area contributed by atoms with Gasteiger partial charge in [0.15, 0.2) is 0 Å². The molecule has 0 aliphatic heterocycles. The van der Waals surface area contributed by atoms with Crippen LogP contribution in [0.5, 0.6) is 0 Å². The molecule has 13 heavy (non-hydrogen) atoms. The van der Waals surface area contributed by atoms with E-state index in [0.29, 0.717) is 5.15 Å². The fraction of sp³-hybridized carbons (Fsp3) is 0.182. The lowest BCUT2D eigenvalue weighted by atomic mass is 10.1. The van der Waals surface area contributed by atoms with Gasteiger partial charge in [0.2, 0.25) is 0 Å². The highest BCUT2D eigenvalue weighted by atomic mass is 35.5. The van der Waals surface area contributed by atoms with Gasteiger partial charge in [-0.3, -0.25) is 0 Å². The van der Waals surface area contributed by atoms with Gasteiger partial charge in [0, 0.05) is 5.39 Å². The summed E-state index contributed by atoms with van der Waals surface area (Å²) in [5.41, 5.74) is 3.36. The maximum atomic E-state index is 5.88. The smallest absolute Gasteiger partial charge is 0.130 e. The van der Waals surface area contributed by atoms with E-state index in [9.17, 15) is 0 Å². The molecule has 2 aromatic rings. The Morgan fingerprint density at radius 2 is 1.92 bits per heavy atom. The number of halogens is 1. The summed E-state index contributed by atoms with van der Waals surface area (Å²) in [6, 6.07) is 8.05. The largest absolute Gasteiger partial charge is 0.236 e. The Hall–Kier alpha value is -1.08. The molecule has 0 bridgehead atoms. The van der Waals surface area contributed by atoms with Crippen LogP contribution in [0.25, 0.3) is 10.9 Å². The Labute approximate surface area is 82.4 Å². The second-order valence-corrected chi connectivity index (χ2v) is 3.62. The monoisotopic (exact) mass is 191 g/mol. The molecule has 0 unspecified atom stereocenters. The van der Waals surface area contributed by atoms with Crippen LogP contribution in [0.4, 0.5) is 0 Å². The van der Waals surface area contributed by atoms with E-state index in [2.05, 4.69) is 18.0 Å². The third-order valence-corrected chi connectivity index (χ3v) is 2.41. The van der Waals surface area contributed by atoms with Crippen LogP contribution in [0.15, 0.2) is 24.3 Å². The van der Waals surface area contributed by atoms with Crippen molar-refractivity contribution >= 4 is 22.5 Å². The van der Waals surface area contributed by atoms with Gasteiger partial charge in [-0.25, -0.2) is 4.98 Å². The number of rotatable bonds is 0. The van der Waals surface area contributed by atoms with Crippen molar-refractivity contribution in [2.24, 2.45) is 0 Å². The summed E-state index contributed by atoms with van der Waals surface area (Å²) in [6.07, 6.45) is 0. The van der Waals surface area contributed by atoms with Crippen LogP contribution >= 0.6 is 11.6 Å². The Morgan fingerprint density at radius 1 is 1.15 bits per heavy atom. The van der Waals surface area contributed by atoms with Gasteiger partial charge in [-0.15, -0.1) is 0 Å². The van der Waals surface area contributed by atoms with Gasteiger partial charge in [0.25, 0.3) is 0 Å². The van der Waals surface area contributed by atoms with Crippen LogP contribution in [-0.2, 0) is 0 Å². The van der Waals surface area contributed by atoms with Crippen LogP contribution < -0.4 is 0 Å². The number of aryl methyl sites for hydroxylation is 2. The van der Waals surface area contributed by atoms with E-state index in [1.165, 1.54) is 16.5 Å². The van der Waals surface area contributed by atoms with Crippen molar-refractivity contribution in [3.63, 3.8) is 0 Å². The number of benzene rings is 1. The van der Waals surface area contributed by atoms with Gasteiger partial charge >= 0.3 is 0 Å². The van der Waals surface area contributed by atoms with Crippen LogP contribution in [0.3, 0.4) is 0 Å². The maximum absolute atomic E-state index is 5.88. The van der Waals surface area contributed by atoms with Gasteiger partial charge in [0.05, 0.1) is 5.52 Å². The number of nitrogens with zero attached hydrogens (tertiary/aromatic N) is 1. The summed E-state index contributed by atoms with van der Waals surface area (Å²) >= 11 is 5.88. The van der Waals surface area contributed by atoms with E-state index in [-0.39, 0.29) is 0 Å². The minimum atomic E-state index is 0.569. The third-order valence-electron chi connectivity index (χ3n) is 2.22. The molecule has 1 heterocycles. The van der Waals surface area contributed by atoms with Gasteiger partial charge < -0.3 is 0 Å². The van der Waals surface area contributed by atoms with Crippen LogP contribution in [0.2, 0.25) is 5.15 Å². The first kappa shape index (κ1) is 8.52. The van der Waals surface area contributed by atoms with Crippen molar-refractivity contribution in [2.45, 2.75) is 13.8 Å². The highest BCUT2D eigenvalue weighted by molar-refractivity contribution is 6.30. The lowest BCUT2D eigenvalue weighted by Gasteiger charge is -2.04. The minimum absolute atomic E-state index is 0.569. The zero-order valence-electron chi connectivity index (χ0n) is 7.63. The van der Waals surface area contributed by atoms with E-state index < -0.39 is 0 Å². The molecule has 0 amide bonds. The lowest BCUT2D eigenvalue weighted by molar-refractivity contribution is 1.33. The fourth-order valence-corrected chi connectivity index (χ4v) is 1.77. The molecule has 66 valence electrons. The number of hydrogen-bond donors (Lipinski definition) is 0. The molecule has 0 aliphatic rings. The molecule has 0 saturated carbocycles. The predicted octanol–water partition coefficient (Wildman–Crippen LogP) is 3.51. The molecule has 0 radical (unpaired) electrons. The molecule has 0 N–H and O–H groups in total. The quantitative estimate of drug-likeness (QED) is 0.581. The predicted molar refractivity (Wildman–Crippen MR) is 56.2 cm³/mol. The maximum Gasteiger partial charge on any atom is 0.130 e. The SMILES string of the molecule is Cc1cc(Cl)nc2c(C)cccc12. The van der Waals surface area contributed by atoms with Gasteiger partial charge in [-0.1, -0.05) is 29.8 Å². The summed E-state index contributed by atoms with van der Waals surface area (Å²) in [4.78, 5) is 4.30. The highest BCUT2D eigenvalue weighted by Gasteiger charge is 2.02. The first-order chi connectivity index (χ1) is 6.18. The number of hydrogen-bond acceptors (Lipinski definition) is 1. The highest BCUT2D eigenvalue weighted by Crippen LogP contribution is 2.22. The third kappa shape index (κ3) is 1.40. The molecule has 1 nitrogen and oxygen atoms in total. The Kier molecular flexibility index (Phi) is 1.97. The van der Waals surface area contributed by atoms with Crippen molar-refractivity contribution in [1.82, 2.24) is 4.98 Å². The van der Waals surface area contributed by atoms with Gasteiger partial charge in [-0.2, -0.15) is 0 Å². The molecule has 2 rings (SSSR count). The molecule has 1 aromatic heterocycles. The number of fused-ring (bicyclic) bond motifs is 1. The molecule has 0 fully saturated rings. The molecule has 0 aliphatic carbocycles. The van der Waals surface area contributed by atoms with Crippen molar-refractivity contribution in [2.75, 3.05) is 0 Å². The van der Waals surface area contributed by atoms with E-state index >= 15 is 0 Å². The number of aromatic nitrogens is 1. The van der Waals surface area contributed by atoms with Crippen molar-refractivity contribution < 1.29 is 0 Å². The summed E-state index contributed by atoms with van der Waals surface area (Å²) in [5.74, 6) is 0. The summed E-state index contributed by atoms with van der Waals surface area (Å²) < 4.78 is 0. The molecule has 0 saturated heterocycles. The number of para-hydroxylation sites is 1. The minimum Gasteiger partial charge on any atom is -0.236 e. The average Bonchev–Trinajstić information content (AvgIpc) is 2.07. The molecule has 2 heteroatoms. The van der Waals surface area contributed by atoms with Crippen LogP contribution in [-0.4, -0.2) is 4.98 Å². The van der Waals surface area contributed by atoms with E-state index in [4.69, 9.17) is 11.6 Å². The zero-order chi connectivity index (χ0) is 9.42. The topological polar surface area (TPSA) is 12.9 Å². The molecular formula is C11H10ClN. The lowest BCUT2D eigenvalue weighted by Crippen LogP contribution is -1.86. The Balaban J connectivity index is 2.94. The van der Waals surface area contributed by atoms with E-state index in [1.807, 2.05) is 25.1 Å². The fourth-order valence-electron chi connectivity index (χ4n) is 1.52. The van der Waals surface area contributed by atoms with Crippen molar-refractivity contribution in [1.29, 1.82) is 0 Å². The molecule has 0 spiro atoms. The van der Waals surface area contributed by atoms with E-state index in [1.54, 1.807) is 0 Å². The second-order valence-electron chi connectivity index (χ2n) is 3.23. The van der Waals surface area contributed by atoms with Crippen LogP contribution in [0, 0.1) is 13.8 Å². The average molecular weight is 192 g/mol. The molecule has 1 aromatic carbocycles. The first-order valence-electron chi connectivity index (χ1n) is 4.21. The van der Waals surface area contributed by atoms with E-state index in [0.717, 1.165) is 5.52 Å². The second kappa shape index (κ2) is 3.00. The standard InChI is InChI=1S/C11H10ClN/c1-7-4-3-5-9-8(2)6-10(12)13-11(7)9/h3-6H,1-2H3. The van der Waals surface area contributed by atoms with Gasteiger partial charge in [0.1, 0.15) is 5.15 Å². The molecular weight excluding hydrogens is 182 g/mol. The summed E-state index contributed by atoms with van der Waals surface area (Å²) in [6.45, 7) is 4.10. The van der Waals surface area contributed by atoms with Crippen molar-refractivity contribution in [3.8, 4) is 0 Å². The Bertz CT molecular complexity index is 463. The summed E-state index contributed by atoms with van der Waals surface area (Å²) in [5, 5.41) is 1.75. The zero-order valence-corrected chi connectivity index (χ0v) is 8.39.